The van der Waals surface area contributed by atoms with Gasteiger partial charge in [0.1, 0.15) is 0 Å². The molecule has 0 radical (unpaired) electrons. The molecule has 4 rings (SSSR count). The molecule has 9 heteroatoms. The van der Waals surface area contributed by atoms with E-state index in [4.69, 9.17) is 39.5 Å². The zero-order valence-corrected chi connectivity index (χ0v) is 21.0. The standard InChI is InChI=1S/C26H20Cl3N3O3/c1-15-22(25(33)30-23(26(34)35-2)16-6-4-3-5-7-16)31-32(21-13-12-19(28)14-20(21)29)24(15)17-8-10-18(27)11-9-17/h3-14,23H,1-2H3,(H,30,33). The minimum atomic E-state index is -1.00. The maximum absolute atomic E-state index is 13.4. The molecule has 6 nitrogen and oxygen atoms in total. The Labute approximate surface area is 217 Å². The molecule has 0 aliphatic carbocycles. The summed E-state index contributed by atoms with van der Waals surface area (Å²) in [4.78, 5) is 25.9. The highest BCUT2D eigenvalue weighted by molar-refractivity contribution is 6.35. The summed E-state index contributed by atoms with van der Waals surface area (Å²) in [5.74, 6) is -1.14. The van der Waals surface area contributed by atoms with Crippen molar-refractivity contribution in [2.45, 2.75) is 13.0 Å². The first-order valence-corrected chi connectivity index (χ1v) is 11.7. The van der Waals surface area contributed by atoms with Crippen LogP contribution >= 0.6 is 34.8 Å². The van der Waals surface area contributed by atoms with E-state index in [2.05, 4.69) is 10.4 Å². The second-order valence-electron chi connectivity index (χ2n) is 7.68. The van der Waals surface area contributed by atoms with Crippen LogP contribution < -0.4 is 5.32 Å². The molecule has 1 N–H and O–H groups in total. The normalized spacial score (nSPS) is 11.7. The van der Waals surface area contributed by atoms with Gasteiger partial charge in [-0.15, -0.1) is 0 Å². The van der Waals surface area contributed by atoms with E-state index in [1.165, 1.54) is 7.11 Å². The molecule has 1 heterocycles. The number of aromatic nitrogens is 2. The Bertz CT molecular complexity index is 1390. The number of ether oxygens (including phenoxy) is 1. The summed E-state index contributed by atoms with van der Waals surface area (Å²) in [6.45, 7) is 1.78. The summed E-state index contributed by atoms with van der Waals surface area (Å²) in [5, 5.41) is 8.75. The Morgan fingerprint density at radius 3 is 2.23 bits per heavy atom. The number of carbonyl (C=O) groups excluding carboxylic acids is 2. The molecule has 4 aromatic rings. The van der Waals surface area contributed by atoms with Crippen LogP contribution in [0, 0.1) is 6.92 Å². The van der Waals surface area contributed by atoms with Crippen LogP contribution in [0.2, 0.25) is 15.1 Å². The van der Waals surface area contributed by atoms with Crippen LogP contribution in [0.15, 0.2) is 72.8 Å². The monoisotopic (exact) mass is 527 g/mol. The maximum Gasteiger partial charge on any atom is 0.333 e. The van der Waals surface area contributed by atoms with Crippen molar-refractivity contribution < 1.29 is 14.3 Å². The van der Waals surface area contributed by atoms with Gasteiger partial charge in [0, 0.05) is 21.2 Å². The molecular formula is C26H20Cl3N3O3. The summed E-state index contributed by atoms with van der Waals surface area (Å²) in [6, 6.07) is 20.0. The largest absolute Gasteiger partial charge is 0.467 e. The first kappa shape index (κ1) is 24.8. The van der Waals surface area contributed by atoms with Crippen molar-refractivity contribution in [1.82, 2.24) is 15.1 Å². The number of nitrogens with zero attached hydrogens (tertiary/aromatic N) is 2. The molecule has 1 atom stereocenters. The Morgan fingerprint density at radius 1 is 0.943 bits per heavy atom. The zero-order chi connectivity index (χ0) is 25.1. The minimum Gasteiger partial charge on any atom is -0.467 e. The molecule has 3 aromatic carbocycles. The molecule has 0 aliphatic rings. The smallest absolute Gasteiger partial charge is 0.333 e. The Hall–Kier alpha value is -3.32. The lowest BCUT2D eigenvalue weighted by atomic mass is 10.0. The second kappa shape index (κ2) is 10.5. The lowest BCUT2D eigenvalue weighted by Gasteiger charge is -2.16. The fourth-order valence-electron chi connectivity index (χ4n) is 3.73. The molecule has 0 aliphatic heterocycles. The lowest BCUT2D eigenvalue weighted by molar-refractivity contribution is -0.143. The Balaban J connectivity index is 1.82. The minimum absolute atomic E-state index is 0.130. The van der Waals surface area contributed by atoms with Crippen LogP contribution in [0.3, 0.4) is 0 Å². The number of hydrogen-bond donors (Lipinski definition) is 1. The van der Waals surface area contributed by atoms with Crippen molar-refractivity contribution in [3.05, 3.63) is 105 Å². The van der Waals surface area contributed by atoms with E-state index in [1.807, 2.05) is 18.2 Å². The number of methoxy groups -OCH3 is 1. The molecule has 0 saturated heterocycles. The van der Waals surface area contributed by atoms with Crippen molar-refractivity contribution in [2.75, 3.05) is 7.11 Å². The third kappa shape index (κ3) is 5.20. The van der Waals surface area contributed by atoms with Gasteiger partial charge in [0.25, 0.3) is 5.91 Å². The molecule has 0 saturated carbocycles. The molecular weight excluding hydrogens is 509 g/mol. The third-order valence-corrected chi connectivity index (χ3v) is 6.23. The summed E-state index contributed by atoms with van der Waals surface area (Å²) < 4.78 is 6.50. The number of amides is 1. The van der Waals surface area contributed by atoms with Gasteiger partial charge in [-0.3, -0.25) is 4.79 Å². The fourth-order valence-corrected chi connectivity index (χ4v) is 4.34. The van der Waals surface area contributed by atoms with Crippen LogP contribution in [-0.2, 0) is 9.53 Å². The molecule has 0 spiro atoms. The number of esters is 1. The van der Waals surface area contributed by atoms with Crippen LogP contribution in [-0.4, -0.2) is 28.8 Å². The van der Waals surface area contributed by atoms with E-state index in [1.54, 1.807) is 66.2 Å². The average molecular weight is 529 g/mol. The lowest BCUT2D eigenvalue weighted by Crippen LogP contribution is -2.35. The van der Waals surface area contributed by atoms with E-state index in [0.717, 1.165) is 5.56 Å². The predicted molar refractivity (Wildman–Crippen MR) is 137 cm³/mol. The molecule has 1 aromatic heterocycles. The number of carbonyl (C=O) groups is 2. The van der Waals surface area contributed by atoms with E-state index >= 15 is 0 Å². The summed E-state index contributed by atoms with van der Waals surface area (Å²) >= 11 is 18.7. The molecule has 178 valence electrons. The van der Waals surface area contributed by atoms with Gasteiger partial charge in [-0.1, -0.05) is 77.3 Å². The van der Waals surface area contributed by atoms with Crippen molar-refractivity contribution in [3.8, 4) is 16.9 Å². The van der Waals surface area contributed by atoms with Crippen molar-refractivity contribution >= 4 is 46.7 Å². The maximum atomic E-state index is 13.4. The highest BCUT2D eigenvalue weighted by Gasteiger charge is 2.28. The van der Waals surface area contributed by atoms with E-state index in [9.17, 15) is 9.59 Å². The molecule has 35 heavy (non-hydrogen) atoms. The van der Waals surface area contributed by atoms with Crippen LogP contribution in [0.4, 0.5) is 0 Å². The average Bonchev–Trinajstić information content (AvgIpc) is 3.19. The molecule has 1 amide bonds. The molecule has 0 fully saturated rings. The highest BCUT2D eigenvalue weighted by atomic mass is 35.5. The molecule has 1 unspecified atom stereocenters. The molecule has 0 bridgehead atoms. The van der Waals surface area contributed by atoms with Crippen LogP contribution in [0.25, 0.3) is 16.9 Å². The number of halogens is 3. The number of benzene rings is 3. The van der Waals surface area contributed by atoms with Gasteiger partial charge in [-0.25, -0.2) is 9.48 Å². The van der Waals surface area contributed by atoms with Crippen LogP contribution in [0.5, 0.6) is 0 Å². The van der Waals surface area contributed by atoms with Gasteiger partial charge in [0.15, 0.2) is 11.7 Å². The van der Waals surface area contributed by atoms with Gasteiger partial charge < -0.3 is 10.1 Å². The van der Waals surface area contributed by atoms with Gasteiger partial charge in [-0.2, -0.15) is 5.10 Å². The van der Waals surface area contributed by atoms with E-state index in [-0.39, 0.29) is 5.69 Å². The summed E-state index contributed by atoms with van der Waals surface area (Å²) in [7, 11) is 1.27. The van der Waals surface area contributed by atoms with Gasteiger partial charge in [0.05, 0.1) is 23.5 Å². The number of rotatable bonds is 6. The summed E-state index contributed by atoms with van der Waals surface area (Å²) in [5.41, 5.74) is 3.26. The number of hydrogen-bond acceptors (Lipinski definition) is 4. The highest BCUT2D eigenvalue weighted by Crippen LogP contribution is 2.33. The third-order valence-electron chi connectivity index (χ3n) is 5.44. The second-order valence-corrected chi connectivity index (χ2v) is 8.96. The first-order valence-electron chi connectivity index (χ1n) is 10.5. The van der Waals surface area contributed by atoms with Gasteiger partial charge in [0.2, 0.25) is 0 Å². The first-order chi connectivity index (χ1) is 16.8. The van der Waals surface area contributed by atoms with Crippen molar-refractivity contribution in [2.24, 2.45) is 0 Å². The van der Waals surface area contributed by atoms with Crippen molar-refractivity contribution in [3.63, 3.8) is 0 Å². The predicted octanol–water partition coefficient (Wildman–Crippen LogP) is 6.45. The Morgan fingerprint density at radius 2 is 1.60 bits per heavy atom. The fraction of sp³-hybridized carbons (Fsp3) is 0.115. The van der Waals surface area contributed by atoms with Crippen molar-refractivity contribution in [1.29, 1.82) is 0 Å². The summed E-state index contributed by atoms with van der Waals surface area (Å²) in [6.07, 6.45) is 0. The van der Waals surface area contributed by atoms with E-state index < -0.39 is 17.9 Å². The number of nitrogens with one attached hydrogen (secondary N) is 1. The SMILES string of the molecule is COC(=O)C(NC(=O)c1nn(-c2ccc(Cl)cc2Cl)c(-c2ccc(Cl)cc2)c1C)c1ccccc1. The van der Waals surface area contributed by atoms with Crippen LogP contribution in [0.1, 0.15) is 27.7 Å². The Kier molecular flexibility index (Phi) is 7.45. The zero-order valence-electron chi connectivity index (χ0n) is 18.8. The van der Waals surface area contributed by atoms with Gasteiger partial charge in [-0.05, 0) is 42.8 Å². The quantitative estimate of drug-likeness (QED) is 0.292. The topological polar surface area (TPSA) is 73.2 Å². The van der Waals surface area contributed by atoms with E-state index in [0.29, 0.717) is 37.6 Å². The van der Waals surface area contributed by atoms with Gasteiger partial charge >= 0.3 is 5.97 Å².